The number of nitrogens with one attached hydrogen (secondary N) is 1. The van der Waals surface area contributed by atoms with Gasteiger partial charge in [0.25, 0.3) is 0 Å². The molecule has 2 heterocycles. The van der Waals surface area contributed by atoms with E-state index < -0.39 is 28.4 Å². The number of hydrogen-bond donors (Lipinski definition) is 2. The molecule has 3 rings (SSSR count). The van der Waals surface area contributed by atoms with Crippen LogP contribution in [-0.2, 0) is 13.0 Å². The van der Waals surface area contributed by atoms with Crippen LogP contribution in [0, 0.1) is 11.6 Å². The highest BCUT2D eigenvalue weighted by Gasteiger charge is 2.22. The van der Waals surface area contributed by atoms with Crippen molar-refractivity contribution in [2.75, 3.05) is 0 Å². The zero-order valence-electron chi connectivity index (χ0n) is 12.7. The molecule has 0 aliphatic carbocycles. The monoisotopic (exact) mass is 319 g/mol. The first kappa shape index (κ1) is 15.2. The summed E-state index contributed by atoms with van der Waals surface area (Å²) in [5.41, 5.74) is -0.571. The first-order valence-corrected chi connectivity index (χ1v) is 7.28. The number of rotatable bonds is 3. The predicted molar refractivity (Wildman–Crippen MR) is 82.4 cm³/mol. The van der Waals surface area contributed by atoms with Gasteiger partial charge in [0.15, 0.2) is 5.75 Å². The SMILES string of the molecule is CCc1nn(CC)c2[nH]c(-c3c(F)cccc3F)c(O)c(=O)c12. The molecule has 0 aliphatic heterocycles. The fourth-order valence-corrected chi connectivity index (χ4v) is 2.68. The van der Waals surface area contributed by atoms with Crippen LogP contribution < -0.4 is 5.43 Å². The first-order chi connectivity index (χ1) is 11.0. The molecule has 0 bridgehead atoms. The number of pyridine rings is 1. The van der Waals surface area contributed by atoms with Crippen molar-refractivity contribution in [1.29, 1.82) is 0 Å². The fourth-order valence-electron chi connectivity index (χ4n) is 2.68. The average molecular weight is 319 g/mol. The van der Waals surface area contributed by atoms with Gasteiger partial charge >= 0.3 is 0 Å². The molecule has 0 radical (unpaired) electrons. The molecule has 0 unspecified atom stereocenters. The maximum atomic E-state index is 14.0. The minimum Gasteiger partial charge on any atom is -0.503 e. The molecular weight excluding hydrogens is 304 g/mol. The molecule has 2 N–H and O–H groups in total. The molecule has 0 atom stereocenters. The van der Waals surface area contributed by atoms with Gasteiger partial charge in [-0.05, 0) is 25.5 Å². The topological polar surface area (TPSA) is 70.9 Å². The average Bonchev–Trinajstić information content (AvgIpc) is 2.89. The minimum absolute atomic E-state index is 0.243. The maximum Gasteiger partial charge on any atom is 0.235 e. The summed E-state index contributed by atoms with van der Waals surface area (Å²) in [6.45, 7) is 4.14. The Morgan fingerprint density at radius 1 is 1.26 bits per heavy atom. The van der Waals surface area contributed by atoms with Crippen LogP contribution in [-0.4, -0.2) is 19.9 Å². The van der Waals surface area contributed by atoms with Gasteiger partial charge < -0.3 is 10.1 Å². The Morgan fingerprint density at radius 2 is 1.91 bits per heavy atom. The molecular formula is C16H15F2N3O2. The molecule has 3 aromatic rings. The van der Waals surface area contributed by atoms with E-state index in [1.165, 1.54) is 10.7 Å². The van der Waals surface area contributed by atoms with Gasteiger partial charge in [-0.2, -0.15) is 5.10 Å². The van der Waals surface area contributed by atoms with Crippen molar-refractivity contribution in [1.82, 2.24) is 14.8 Å². The predicted octanol–water partition coefficient (Wildman–Crippen LogP) is 2.96. The molecule has 1 aromatic carbocycles. The summed E-state index contributed by atoms with van der Waals surface area (Å²) >= 11 is 0. The van der Waals surface area contributed by atoms with Gasteiger partial charge in [0.1, 0.15) is 17.3 Å². The van der Waals surface area contributed by atoms with Gasteiger partial charge in [0.05, 0.1) is 22.3 Å². The van der Waals surface area contributed by atoms with E-state index in [0.29, 0.717) is 24.3 Å². The number of nitrogens with zero attached hydrogens (tertiary/aromatic N) is 2. The maximum absolute atomic E-state index is 14.0. The Kier molecular flexibility index (Phi) is 3.63. The van der Waals surface area contributed by atoms with Gasteiger partial charge in [-0.25, -0.2) is 13.5 Å². The van der Waals surface area contributed by atoms with Crippen LogP contribution >= 0.6 is 0 Å². The van der Waals surface area contributed by atoms with E-state index in [0.717, 1.165) is 12.1 Å². The van der Waals surface area contributed by atoms with Crippen molar-refractivity contribution in [2.24, 2.45) is 0 Å². The smallest absolute Gasteiger partial charge is 0.235 e. The van der Waals surface area contributed by atoms with Crippen molar-refractivity contribution < 1.29 is 13.9 Å². The molecule has 23 heavy (non-hydrogen) atoms. The summed E-state index contributed by atoms with van der Waals surface area (Å²) < 4.78 is 29.6. The summed E-state index contributed by atoms with van der Waals surface area (Å²) in [4.78, 5) is 15.3. The van der Waals surface area contributed by atoms with Crippen LogP contribution in [0.2, 0.25) is 0 Å². The Bertz CT molecular complexity index is 940. The lowest BCUT2D eigenvalue weighted by Gasteiger charge is -2.09. The molecule has 2 aromatic heterocycles. The van der Waals surface area contributed by atoms with E-state index in [1.807, 2.05) is 13.8 Å². The summed E-state index contributed by atoms with van der Waals surface area (Å²) in [6, 6.07) is 3.34. The van der Waals surface area contributed by atoms with E-state index in [2.05, 4.69) is 10.1 Å². The number of benzene rings is 1. The minimum atomic E-state index is -0.867. The third-order valence-corrected chi connectivity index (χ3v) is 3.79. The van der Waals surface area contributed by atoms with Crippen LogP contribution in [0.4, 0.5) is 8.78 Å². The number of aromatic amines is 1. The van der Waals surface area contributed by atoms with E-state index >= 15 is 0 Å². The second-order valence-corrected chi connectivity index (χ2v) is 5.11. The number of halogens is 2. The molecule has 0 aliphatic rings. The molecule has 0 fully saturated rings. The third kappa shape index (κ3) is 2.19. The van der Waals surface area contributed by atoms with E-state index in [-0.39, 0.29) is 11.1 Å². The number of aromatic nitrogens is 3. The number of aryl methyl sites for hydroxylation is 2. The molecule has 0 saturated heterocycles. The standard InChI is InChI=1S/C16H15F2N3O2/c1-3-10-12-14(22)15(23)13(19-16(12)21(4-2)20-10)11-8(17)6-5-7-9(11)18/h5-7,23H,3-4H2,1-2H3,(H,19,22). The second-order valence-electron chi connectivity index (χ2n) is 5.11. The molecule has 0 amide bonds. The highest BCUT2D eigenvalue weighted by atomic mass is 19.1. The third-order valence-electron chi connectivity index (χ3n) is 3.79. The lowest BCUT2D eigenvalue weighted by molar-refractivity contribution is 0.469. The highest BCUT2D eigenvalue weighted by Crippen LogP contribution is 2.31. The summed E-state index contributed by atoms with van der Waals surface area (Å²) in [6.07, 6.45) is 0.499. The lowest BCUT2D eigenvalue weighted by atomic mass is 10.1. The lowest BCUT2D eigenvalue weighted by Crippen LogP contribution is -2.08. The van der Waals surface area contributed by atoms with Crippen LogP contribution in [0.3, 0.4) is 0 Å². The second kappa shape index (κ2) is 5.49. The van der Waals surface area contributed by atoms with Gasteiger partial charge in [-0.3, -0.25) is 4.79 Å². The summed E-state index contributed by atoms with van der Waals surface area (Å²) in [5, 5.41) is 14.7. The van der Waals surface area contributed by atoms with Crippen molar-refractivity contribution in [3.63, 3.8) is 0 Å². The van der Waals surface area contributed by atoms with E-state index in [9.17, 15) is 18.7 Å². The van der Waals surface area contributed by atoms with Crippen molar-refractivity contribution in [3.05, 3.63) is 45.8 Å². The molecule has 7 heteroatoms. The molecule has 0 spiro atoms. The Balaban J connectivity index is 2.45. The van der Waals surface area contributed by atoms with Crippen molar-refractivity contribution >= 4 is 11.0 Å². The summed E-state index contributed by atoms with van der Waals surface area (Å²) in [7, 11) is 0. The Morgan fingerprint density at radius 3 is 2.48 bits per heavy atom. The Hall–Kier alpha value is -2.70. The van der Waals surface area contributed by atoms with Crippen molar-refractivity contribution in [3.8, 4) is 17.0 Å². The highest BCUT2D eigenvalue weighted by molar-refractivity contribution is 5.84. The van der Waals surface area contributed by atoms with E-state index in [4.69, 9.17) is 0 Å². The number of aromatic hydroxyl groups is 1. The van der Waals surface area contributed by atoms with E-state index in [1.54, 1.807) is 0 Å². The van der Waals surface area contributed by atoms with Crippen LogP contribution in [0.5, 0.6) is 5.75 Å². The zero-order valence-corrected chi connectivity index (χ0v) is 12.7. The Labute approximate surface area is 130 Å². The number of fused-ring (bicyclic) bond motifs is 1. The number of H-pyrrole nitrogens is 1. The van der Waals surface area contributed by atoms with Crippen LogP contribution in [0.25, 0.3) is 22.3 Å². The fraction of sp³-hybridized carbons (Fsp3) is 0.250. The number of hydrogen-bond acceptors (Lipinski definition) is 3. The zero-order chi connectivity index (χ0) is 16.7. The van der Waals surface area contributed by atoms with Gasteiger partial charge in [0.2, 0.25) is 5.43 Å². The normalized spacial score (nSPS) is 11.3. The van der Waals surface area contributed by atoms with Gasteiger partial charge in [0, 0.05) is 6.54 Å². The molecule has 0 saturated carbocycles. The van der Waals surface area contributed by atoms with Crippen LogP contribution in [0.1, 0.15) is 19.5 Å². The molecule has 120 valence electrons. The first-order valence-electron chi connectivity index (χ1n) is 7.28. The summed E-state index contributed by atoms with van der Waals surface area (Å²) in [5.74, 6) is -2.45. The molecule has 5 nitrogen and oxygen atoms in total. The van der Waals surface area contributed by atoms with Gasteiger partial charge in [-0.1, -0.05) is 13.0 Å². The quantitative estimate of drug-likeness (QED) is 0.780. The van der Waals surface area contributed by atoms with Crippen molar-refractivity contribution in [2.45, 2.75) is 26.8 Å². The largest absolute Gasteiger partial charge is 0.503 e. The van der Waals surface area contributed by atoms with Crippen LogP contribution in [0.15, 0.2) is 23.0 Å². The van der Waals surface area contributed by atoms with Gasteiger partial charge in [-0.15, -0.1) is 0 Å².